The molecule has 3 aliphatic heterocycles. The van der Waals surface area contributed by atoms with Gasteiger partial charge in [0.15, 0.2) is 5.96 Å². The Morgan fingerprint density at radius 1 is 0.906 bits per heavy atom. The minimum atomic E-state index is 0. The second kappa shape index (κ2) is 12.4. The van der Waals surface area contributed by atoms with Gasteiger partial charge < -0.3 is 20.0 Å². The van der Waals surface area contributed by atoms with Crippen LogP contribution in [0.4, 0.5) is 5.69 Å². The number of piperidine rings is 1. The Labute approximate surface area is 209 Å². The maximum absolute atomic E-state index is 12.5. The van der Waals surface area contributed by atoms with E-state index < -0.39 is 0 Å². The molecule has 176 valence electrons. The predicted octanol–water partition coefficient (Wildman–Crippen LogP) is 2.39. The van der Waals surface area contributed by atoms with Gasteiger partial charge in [-0.25, -0.2) is 0 Å². The monoisotopic (exact) mass is 552 g/mol. The topological polar surface area (TPSA) is 54.4 Å². The molecule has 3 heterocycles. The molecule has 0 aromatic heterocycles. The molecular formula is C24H37IN6O. The third-order valence-electron chi connectivity index (χ3n) is 6.52. The molecule has 0 atom stereocenters. The number of halogens is 1. The Bertz CT molecular complexity index is 774. The fourth-order valence-corrected chi connectivity index (χ4v) is 4.58. The molecule has 2 saturated heterocycles. The summed E-state index contributed by atoms with van der Waals surface area (Å²) in [5.74, 6) is 1.23. The molecule has 32 heavy (non-hydrogen) atoms. The summed E-state index contributed by atoms with van der Waals surface area (Å²) >= 11 is 0. The number of hydrogen-bond donors (Lipinski definition) is 1. The zero-order valence-corrected chi connectivity index (χ0v) is 21.5. The Hall–Kier alpha value is -1.81. The highest BCUT2D eigenvalue weighted by molar-refractivity contribution is 14.0. The van der Waals surface area contributed by atoms with E-state index in [2.05, 4.69) is 61.4 Å². The van der Waals surface area contributed by atoms with Gasteiger partial charge in [0, 0.05) is 71.6 Å². The van der Waals surface area contributed by atoms with Gasteiger partial charge in [0.05, 0.1) is 6.54 Å². The molecule has 0 unspecified atom stereocenters. The molecule has 0 aliphatic carbocycles. The van der Waals surface area contributed by atoms with Gasteiger partial charge in [-0.15, -0.1) is 24.0 Å². The van der Waals surface area contributed by atoms with Gasteiger partial charge >= 0.3 is 0 Å². The van der Waals surface area contributed by atoms with E-state index >= 15 is 0 Å². The first kappa shape index (κ1) is 24.8. The lowest BCUT2D eigenvalue weighted by Gasteiger charge is -2.37. The van der Waals surface area contributed by atoms with Crippen molar-refractivity contribution >= 4 is 41.5 Å². The number of rotatable bonds is 5. The van der Waals surface area contributed by atoms with Gasteiger partial charge in [0.25, 0.3) is 0 Å². The fourth-order valence-electron chi connectivity index (χ4n) is 4.58. The number of piperazine rings is 1. The Morgan fingerprint density at radius 2 is 1.56 bits per heavy atom. The molecule has 3 aliphatic rings. The maximum atomic E-state index is 12.5. The number of benzene rings is 1. The van der Waals surface area contributed by atoms with E-state index in [1.807, 2.05) is 11.9 Å². The molecule has 0 spiro atoms. The normalized spacial score (nSPS) is 19.8. The van der Waals surface area contributed by atoms with Crippen molar-refractivity contribution in [2.24, 2.45) is 4.99 Å². The summed E-state index contributed by atoms with van der Waals surface area (Å²) in [4.78, 5) is 26.0. The number of aliphatic imine (C=N–C) groups is 1. The van der Waals surface area contributed by atoms with E-state index in [1.54, 1.807) is 0 Å². The molecule has 0 saturated carbocycles. The zero-order valence-electron chi connectivity index (χ0n) is 19.2. The molecule has 0 bridgehead atoms. The van der Waals surface area contributed by atoms with Gasteiger partial charge in [0.1, 0.15) is 0 Å². The number of guanidine groups is 1. The Kier molecular flexibility index (Phi) is 9.65. The lowest BCUT2D eigenvalue weighted by molar-refractivity contribution is -0.133. The van der Waals surface area contributed by atoms with Crippen LogP contribution in [0.3, 0.4) is 0 Å². The highest BCUT2D eigenvalue weighted by atomic mass is 127. The molecule has 1 N–H and O–H groups in total. The molecule has 8 heteroatoms. The smallest absolute Gasteiger partial charge is 0.236 e. The average Bonchev–Trinajstić information content (AvgIpc) is 3.36. The van der Waals surface area contributed by atoms with Crippen LogP contribution >= 0.6 is 24.0 Å². The molecule has 1 aromatic carbocycles. The van der Waals surface area contributed by atoms with Gasteiger partial charge in [-0.2, -0.15) is 0 Å². The van der Waals surface area contributed by atoms with Crippen molar-refractivity contribution in [2.45, 2.75) is 25.8 Å². The van der Waals surface area contributed by atoms with Crippen molar-refractivity contribution in [1.29, 1.82) is 0 Å². The minimum Gasteiger partial charge on any atom is -0.364 e. The van der Waals surface area contributed by atoms with Crippen LogP contribution in [0.5, 0.6) is 0 Å². The largest absolute Gasteiger partial charge is 0.364 e. The Balaban J connectivity index is 0.00000289. The van der Waals surface area contributed by atoms with E-state index in [-0.39, 0.29) is 24.0 Å². The first-order valence-corrected chi connectivity index (χ1v) is 11.7. The summed E-state index contributed by atoms with van der Waals surface area (Å²) in [6, 6.07) is 8.78. The van der Waals surface area contributed by atoms with Gasteiger partial charge in [-0.3, -0.25) is 14.7 Å². The van der Waals surface area contributed by atoms with Crippen LogP contribution in [-0.4, -0.2) is 92.5 Å². The minimum absolute atomic E-state index is 0. The number of anilines is 1. The van der Waals surface area contributed by atoms with Gasteiger partial charge in [-0.1, -0.05) is 24.3 Å². The third kappa shape index (κ3) is 6.60. The number of carbonyl (C=O) groups is 1. The number of likely N-dealkylation sites (tertiary alicyclic amines) is 1. The van der Waals surface area contributed by atoms with Crippen LogP contribution in [0, 0.1) is 0 Å². The molecule has 0 radical (unpaired) electrons. The highest BCUT2D eigenvalue weighted by Crippen LogP contribution is 2.17. The first-order chi connectivity index (χ1) is 15.2. The van der Waals surface area contributed by atoms with Crippen LogP contribution in [0.2, 0.25) is 0 Å². The van der Waals surface area contributed by atoms with Crippen LogP contribution < -0.4 is 10.2 Å². The molecule has 4 rings (SSSR count). The summed E-state index contributed by atoms with van der Waals surface area (Å²) in [7, 11) is 1.85. The van der Waals surface area contributed by atoms with Crippen LogP contribution in [0.15, 0.2) is 41.4 Å². The maximum Gasteiger partial charge on any atom is 0.236 e. The van der Waals surface area contributed by atoms with Crippen molar-refractivity contribution in [3.05, 3.63) is 42.0 Å². The molecule has 1 aromatic rings. The zero-order chi connectivity index (χ0) is 21.5. The predicted molar refractivity (Wildman–Crippen MR) is 142 cm³/mol. The van der Waals surface area contributed by atoms with E-state index in [0.29, 0.717) is 12.5 Å². The van der Waals surface area contributed by atoms with Gasteiger partial charge in [0.2, 0.25) is 5.91 Å². The fraction of sp³-hybridized carbons (Fsp3) is 0.583. The summed E-state index contributed by atoms with van der Waals surface area (Å²) in [5.41, 5.74) is 2.52. The number of amides is 1. The summed E-state index contributed by atoms with van der Waals surface area (Å²) in [6.07, 6.45) is 7.99. The van der Waals surface area contributed by atoms with E-state index in [4.69, 9.17) is 0 Å². The molecule has 7 nitrogen and oxygen atoms in total. The average molecular weight is 553 g/mol. The summed E-state index contributed by atoms with van der Waals surface area (Å²) < 4.78 is 0. The van der Waals surface area contributed by atoms with E-state index in [1.165, 1.54) is 17.7 Å². The highest BCUT2D eigenvalue weighted by Gasteiger charge is 2.24. The second-order valence-electron chi connectivity index (χ2n) is 8.65. The second-order valence-corrected chi connectivity index (χ2v) is 8.65. The molecular weight excluding hydrogens is 515 g/mol. The first-order valence-electron chi connectivity index (χ1n) is 11.7. The molecule has 1 amide bonds. The van der Waals surface area contributed by atoms with Crippen molar-refractivity contribution in [1.82, 2.24) is 20.0 Å². The molecule has 2 fully saturated rings. The van der Waals surface area contributed by atoms with Crippen molar-refractivity contribution in [3.8, 4) is 0 Å². The SMILES string of the molecule is CN=C(NCc1ccc(N2CC=CC2)cc1)N1CCN(CC(=O)N2CCCCC2)CC1.I. The third-order valence-corrected chi connectivity index (χ3v) is 6.52. The lowest BCUT2D eigenvalue weighted by Crippen LogP contribution is -2.54. The summed E-state index contributed by atoms with van der Waals surface area (Å²) in [6.45, 7) is 8.78. The van der Waals surface area contributed by atoms with E-state index in [0.717, 1.165) is 77.7 Å². The van der Waals surface area contributed by atoms with Gasteiger partial charge in [-0.05, 0) is 37.0 Å². The van der Waals surface area contributed by atoms with Crippen molar-refractivity contribution in [2.75, 3.05) is 70.9 Å². The Morgan fingerprint density at radius 3 is 2.19 bits per heavy atom. The number of hydrogen-bond acceptors (Lipinski definition) is 4. The van der Waals surface area contributed by atoms with E-state index in [9.17, 15) is 4.79 Å². The van der Waals surface area contributed by atoms with Crippen LogP contribution in [0.25, 0.3) is 0 Å². The van der Waals surface area contributed by atoms with Crippen LogP contribution in [-0.2, 0) is 11.3 Å². The van der Waals surface area contributed by atoms with Crippen molar-refractivity contribution < 1.29 is 4.79 Å². The number of carbonyl (C=O) groups excluding carboxylic acids is 1. The number of nitrogens with zero attached hydrogens (tertiary/aromatic N) is 5. The standard InChI is InChI=1S/C24H36N6O.HI/c1-25-24(26-19-21-7-9-22(10-8-21)28-11-5-6-12-28)30-17-15-27(16-18-30)20-23(31)29-13-3-2-4-14-29;/h5-10H,2-4,11-20H2,1H3,(H,25,26);1H. The quantitative estimate of drug-likeness (QED) is 0.263. The lowest BCUT2D eigenvalue weighted by atomic mass is 10.1. The van der Waals surface area contributed by atoms with Crippen molar-refractivity contribution in [3.63, 3.8) is 0 Å². The summed E-state index contributed by atoms with van der Waals surface area (Å²) in [5, 5.41) is 3.51. The van der Waals surface area contributed by atoms with Crippen LogP contribution in [0.1, 0.15) is 24.8 Å². The number of nitrogens with one attached hydrogen (secondary N) is 1.